The van der Waals surface area contributed by atoms with Crippen LogP contribution in [0.4, 0.5) is 15.3 Å². The van der Waals surface area contributed by atoms with Gasteiger partial charge in [0.2, 0.25) is 29.5 Å². The lowest BCUT2D eigenvalue weighted by atomic mass is 9.83. The summed E-state index contributed by atoms with van der Waals surface area (Å²) in [5, 5.41) is 25.4. The summed E-state index contributed by atoms with van der Waals surface area (Å²) < 4.78 is 29.6. The summed E-state index contributed by atoms with van der Waals surface area (Å²) in [5.74, 6) is -5.02. The molecular formula is C60H82ClN9O16. The van der Waals surface area contributed by atoms with E-state index < -0.39 is 114 Å². The summed E-state index contributed by atoms with van der Waals surface area (Å²) >= 11 is 6.85. The minimum absolute atomic E-state index is 0.0664. The fourth-order valence-corrected chi connectivity index (χ4v) is 11.1. The summed E-state index contributed by atoms with van der Waals surface area (Å²) in [5.41, 5.74) is 4.62. The number of nitrogens with two attached hydrogens (primary N) is 1. The van der Waals surface area contributed by atoms with Gasteiger partial charge < -0.3 is 65.6 Å². The number of carbonyl (C=O) groups excluding carboxylic acids is 10. The maximum Gasteiger partial charge on any atom is 0.409 e. The molecule has 86 heavy (non-hydrogen) atoms. The molecule has 1 aromatic carbocycles. The number of carbonyl (C=O) groups is 10. The van der Waals surface area contributed by atoms with Crippen LogP contribution in [0.1, 0.15) is 111 Å². The number of unbranched alkanes of at least 4 members (excludes halogenated alkanes) is 2. The molecule has 4 aliphatic heterocycles. The number of primary amides is 1. The van der Waals surface area contributed by atoms with Crippen molar-refractivity contribution in [3.05, 3.63) is 82.1 Å². The highest BCUT2D eigenvalue weighted by Crippen LogP contribution is 2.49. The molecule has 1 aromatic rings. The molecule has 25 nitrogen and oxygen atoms in total. The number of likely N-dealkylation sites (N-methyl/N-ethyl adjacent to an activating group) is 1. The van der Waals surface area contributed by atoms with E-state index in [4.69, 9.17) is 41.0 Å². The van der Waals surface area contributed by atoms with Gasteiger partial charge in [0, 0.05) is 76.5 Å². The number of halogens is 1. The van der Waals surface area contributed by atoms with E-state index in [-0.39, 0.29) is 79.9 Å². The summed E-state index contributed by atoms with van der Waals surface area (Å²) in [6.45, 7) is 10.6. The number of allylic oxidation sites excluding steroid dienone is 6. The zero-order chi connectivity index (χ0) is 63.4. The van der Waals surface area contributed by atoms with Gasteiger partial charge in [0.05, 0.1) is 25.3 Å². The Hall–Kier alpha value is -7.61. The van der Waals surface area contributed by atoms with Gasteiger partial charge in [-0.25, -0.2) is 14.4 Å². The first-order valence-electron chi connectivity index (χ1n) is 28.8. The Labute approximate surface area is 505 Å². The number of aliphatic hydroxyl groups is 1. The maximum absolute atomic E-state index is 14.5. The average molecular weight is 1220 g/mol. The molecular weight excluding hydrogens is 1140 g/mol. The minimum Gasteiger partial charge on any atom is -0.495 e. The van der Waals surface area contributed by atoms with Gasteiger partial charge >= 0.3 is 18.1 Å². The van der Waals surface area contributed by atoms with Crippen molar-refractivity contribution >= 4 is 76.7 Å². The van der Waals surface area contributed by atoms with Gasteiger partial charge in [-0.15, -0.1) is 0 Å². The lowest BCUT2D eigenvalue weighted by Crippen LogP contribution is -2.63. The normalized spacial score (nSPS) is 26.0. The van der Waals surface area contributed by atoms with Gasteiger partial charge in [0.25, 0.3) is 11.8 Å². The highest BCUT2D eigenvalue weighted by Gasteiger charge is 2.64. The second-order valence-corrected chi connectivity index (χ2v) is 23.3. The van der Waals surface area contributed by atoms with Crippen molar-refractivity contribution < 1.29 is 76.7 Å². The van der Waals surface area contributed by atoms with E-state index in [0.717, 1.165) is 16.0 Å². The van der Waals surface area contributed by atoms with E-state index in [1.54, 1.807) is 52.0 Å². The predicted octanol–water partition coefficient (Wildman–Crippen LogP) is 3.79. The largest absolute Gasteiger partial charge is 0.495 e. The number of benzene rings is 1. The number of anilines is 1. The fraction of sp³-hybridized carbons (Fsp3) is 0.567. The van der Waals surface area contributed by atoms with Crippen LogP contribution >= 0.6 is 11.6 Å². The number of alkyl carbamates (subject to hydrolysis) is 1. The number of hydrogen-bond donors (Lipinski definition) is 7. The van der Waals surface area contributed by atoms with E-state index in [1.165, 1.54) is 69.3 Å². The van der Waals surface area contributed by atoms with Crippen molar-refractivity contribution in [1.29, 1.82) is 0 Å². The first kappa shape index (κ1) is 67.5. The lowest BCUT2D eigenvalue weighted by molar-refractivity contribution is -0.161. The molecule has 0 radical (unpaired) electrons. The molecule has 470 valence electrons. The van der Waals surface area contributed by atoms with Gasteiger partial charge in [0.15, 0.2) is 5.72 Å². The van der Waals surface area contributed by atoms with Crippen molar-refractivity contribution in [2.45, 2.75) is 166 Å². The molecule has 26 heteroatoms. The van der Waals surface area contributed by atoms with Gasteiger partial charge in [-0.1, -0.05) is 68.7 Å². The van der Waals surface area contributed by atoms with Crippen LogP contribution in [0.3, 0.4) is 0 Å². The number of esters is 1. The van der Waals surface area contributed by atoms with E-state index >= 15 is 0 Å². The van der Waals surface area contributed by atoms with Crippen LogP contribution in [0, 0.1) is 11.8 Å². The Morgan fingerprint density at radius 3 is 2.31 bits per heavy atom. The average Bonchev–Trinajstić information content (AvgIpc) is 1.89. The number of amides is 10. The molecule has 2 fully saturated rings. The fourth-order valence-electron chi connectivity index (χ4n) is 10.8. The van der Waals surface area contributed by atoms with E-state index in [0.29, 0.717) is 42.8 Å². The quantitative estimate of drug-likeness (QED) is 0.0376. The number of epoxide rings is 1. The molecule has 5 aliphatic rings. The van der Waals surface area contributed by atoms with Crippen LogP contribution in [-0.4, -0.2) is 170 Å². The standard InChI is InChI=1S/C60H82ClN9O16/c1-33(2)51(66-46(71)19-12-11-13-27-70-47(72)24-25-48(70)73)54(76)65-40(17-15-26-63-57(62)79)53(75)64-39-22-20-38(21-23-39)55(77)68(7)36(5)56(78)85-45-31-49(74)69(8)41-29-37(30-42(82-9)50(41)61)28-34(3)16-14-18-44(83-10)60(81)32-43(84-58(80)67-60)35(4)52-59(45,6)86-52/h14,16,18,20,22,24-25,29-30,33,35-36,40,43-45,51-52,81H,11-13,15,17,19,21,23,26-28,31-32H2,1-10H3,(H,64,75)(H,65,76)(H,66,71)(H,67,80)(H3,62,63,79)/b18-14+,34-16+/t35-,36+,40+,43+,44-,45+,51+,52+,59+,60+/m1/s1. The molecule has 10 atom stereocenters. The van der Waals surface area contributed by atoms with E-state index in [9.17, 15) is 53.1 Å². The number of rotatable bonds is 22. The van der Waals surface area contributed by atoms with Gasteiger partial charge in [-0.2, -0.15) is 0 Å². The summed E-state index contributed by atoms with van der Waals surface area (Å²) in [4.78, 5) is 136. The third-order valence-corrected chi connectivity index (χ3v) is 16.6. The molecule has 4 bridgehead atoms. The van der Waals surface area contributed by atoms with Crippen LogP contribution in [0.2, 0.25) is 5.02 Å². The van der Waals surface area contributed by atoms with Crippen molar-refractivity contribution in [1.82, 2.24) is 36.4 Å². The smallest absolute Gasteiger partial charge is 0.409 e. The highest BCUT2D eigenvalue weighted by atomic mass is 35.5. The van der Waals surface area contributed by atoms with Crippen molar-refractivity contribution in [2.75, 3.05) is 46.3 Å². The maximum atomic E-state index is 14.5. The van der Waals surface area contributed by atoms with Crippen LogP contribution in [0.5, 0.6) is 5.75 Å². The molecule has 10 amide bonds. The number of nitrogens with zero attached hydrogens (tertiary/aromatic N) is 3. The number of hydrogen-bond acceptors (Lipinski definition) is 16. The molecule has 0 spiro atoms. The molecule has 0 unspecified atom stereocenters. The van der Waals surface area contributed by atoms with Crippen molar-refractivity contribution in [3.8, 4) is 5.75 Å². The first-order valence-corrected chi connectivity index (χ1v) is 29.2. The van der Waals surface area contributed by atoms with Gasteiger partial charge in [0.1, 0.15) is 52.8 Å². The zero-order valence-electron chi connectivity index (χ0n) is 50.5. The molecule has 8 N–H and O–H groups in total. The lowest BCUT2D eigenvalue weighted by Gasteiger charge is -2.42. The summed E-state index contributed by atoms with van der Waals surface area (Å²) in [6, 6.07) is -0.640. The Kier molecular flexibility index (Phi) is 23.3. The first-order chi connectivity index (χ1) is 40.6. The minimum atomic E-state index is -1.91. The number of imide groups is 1. The topological polar surface area (TPSA) is 336 Å². The molecule has 6 rings (SSSR count). The van der Waals surface area contributed by atoms with Crippen LogP contribution in [0.15, 0.2) is 71.5 Å². The summed E-state index contributed by atoms with van der Waals surface area (Å²) in [6.07, 6.45) is 7.70. The molecule has 2 saturated heterocycles. The Balaban J connectivity index is 1.14. The Morgan fingerprint density at radius 2 is 1.67 bits per heavy atom. The van der Waals surface area contributed by atoms with E-state index in [1.807, 2.05) is 13.0 Å². The Morgan fingerprint density at radius 1 is 0.965 bits per heavy atom. The van der Waals surface area contributed by atoms with Crippen molar-refractivity contribution in [3.63, 3.8) is 0 Å². The number of urea groups is 1. The predicted molar refractivity (Wildman–Crippen MR) is 314 cm³/mol. The van der Waals surface area contributed by atoms with Crippen LogP contribution in [0.25, 0.3) is 0 Å². The number of fused-ring (bicyclic) bond motifs is 5. The number of ether oxygens (including phenoxy) is 5. The monoisotopic (exact) mass is 1220 g/mol. The van der Waals surface area contributed by atoms with Crippen LogP contribution in [-0.2, 0) is 63.7 Å². The third-order valence-electron chi connectivity index (χ3n) is 16.2. The second-order valence-electron chi connectivity index (χ2n) is 22.9. The molecule has 4 heterocycles. The zero-order valence-corrected chi connectivity index (χ0v) is 51.2. The van der Waals surface area contributed by atoms with Gasteiger partial charge in [-0.05, 0) is 95.4 Å². The second kappa shape index (κ2) is 29.7. The summed E-state index contributed by atoms with van der Waals surface area (Å²) in [7, 11) is 5.81. The highest BCUT2D eigenvalue weighted by molar-refractivity contribution is 6.35. The Bertz CT molecular complexity index is 2930. The molecule has 0 aromatic heterocycles. The van der Waals surface area contributed by atoms with Crippen molar-refractivity contribution in [2.24, 2.45) is 17.6 Å². The molecule has 1 aliphatic carbocycles. The van der Waals surface area contributed by atoms with Gasteiger partial charge in [-0.3, -0.25) is 43.8 Å². The SMILES string of the molecule is COc1cc2cc(c1Cl)N(C)C(=O)C[C@H](OC(=O)[C@H](C)N(C)C(=O)C1=CC=C(NC(=O)[C@H](CCCNC(N)=O)NC(=O)[C@@H](NC(=O)CCCCCN3C(=O)C=CC3=O)C(C)C)CC1)[C@]1(C)O[C@H]1[C@H](C)[C@@H]1C[C@@](O)(NC(=O)O1)[C@H](OC)/C=C/C=C(\C)C2. The number of nitrogens with one attached hydrogen (secondary N) is 5. The number of methoxy groups -OCH3 is 2. The van der Waals surface area contributed by atoms with Crippen LogP contribution < -0.4 is 42.0 Å². The molecule has 0 saturated carbocycles. The third kappa shape index (κ3) is 17.1. The van der Waals surface area contributed by atoms with E-state index in [2.05, 4.69) is 26.6 Å².